The highest BCUT2D eigenvalue weighted by atomic mass is 16.5. The molecule has 0 aliphatic carbocycles. The maximum absolute atomic E-state index is 12.5. The minimum atomic E-state index is -0.224. The molecule has 0 aromatic heterocycles. The number of nitrogens with one attached hydrogen (secondary N) is 2. The number of rotatable bonds is 11. The smallest absolute Gasteiger partial charge is 0.333 e. The summed E-state index contributed by atoms with van der Waals surface area (Å²) in [6, 6.07) is 15.5. The third kappa shape index (κ3) is 7.31. The lowest BCUT2D eigenvalue weighted by atomic mass is 10.2. The van der Waals surface area contributed by atoms with Crippen LogP contribution in [0.1, 0.15) is 13.3 Å². The molecule has 8 heteroatoms. The average Bonchev–Trinajstić information content (AvgIpc) is 2.86. The van der Waals surface area contributed by atoms with Gasteiger partial charge in [0.25, 0.3) is 0 Å². The summed E-state index contributed by atoms with van der Waals surface area (Å²) in [7, 11) is 3.35. The molecule has 2 aromatic rings. The minimum absolute atomic E-state index is 0.224. The number of anilines is 2. The summed E-state index contributed by atoms with van der Waals surface area (Å²) in [4.78, 5) is 17.3. The van der Waals surface area contributed by atoms with Gasteiger partial charge in [-0.2, -0.15) is 0 Å². The van der Waals surface area contributed by atoms with Crippen LogP contribution in [0.5, 0.6) is 11.5 Å². The van der Waals surface area contributed by atoms with Gasteiger partial charge in [0.1, 0.15) is 11.5 Å². The van der Waals surface area contributed by atoms with Crippen LogP contribution in [0.2, 0.25) is 0 Å². The molecule has 0 radical (unpaired) electrons. The Morgan fingerprint density at radius 1 is 1.03 bits per heavy atom. The molecule has 0 bridgehead atoms. The van der Waals surface area contributed by atoms with Crippen molar-refractivity contribution < 1.29 is 14.3 Å². The zero-order valence-electron chi connectivity index (χ0n) is 20.5. The Hall–Kier alpha value is -3.39. The fourth-order valence-electron chi connectivity index (χ4n) is 4.00. The van der Waals surface area contributed by atoms with Gasteiger partial charge in [0.2, 0.25) is 0 Å². The van der Waals surface area contributed by atoms with Crippen molar-refractivity contribution >= 4 is 17.4 Å². The van der Waals surface area contributed by atoms with E-state index in [-0.39, 0.29) is 6.03 Å². The van der Waals surface area contributed by atoms with Crippen LogP contribution >= 0.6 is 0 Å². The number of carbonyl (C=O) groups excluding carboxylic acids is 1. The number of urea groups is 1. The molecule has 0 spiro atoms. The summed E-state index contributed by atoms with van der Waals surface area (Å²) in [6.07, 6.45) is 0.894. The standard InChI is InChI=1S/C26H37N5O3/c1-21(2)20-31(22-10-12-23(33-3)13-11-22)28-26(32)27-14-7-15-29-16-18-30(19-17-29)24-8-5-6-9-25(24)34-4/h5-6,8-13H,1,7,14-20H2,2-4H3,(H2,27,28,32). The first-order valence-corrected chi connectivity index (χ1v) is 11.7. The summed E-state index contributed by atoms with van der Waals surface area (Å²) in [5.74, 6) is 1.69. The first-order valence-electron chi connectivity index (χ1n) is 11.7. The van der Waals surface area contributed by atoms with E-state index in [0.717, 1.165) is 67.6 Å². The first kappa shape index (κ1) is 25.2. The van der Waals surface area contributed by atoms with Crippen LogP contribution in [0.4, 0.5) is 16.2 Å². The second-order valence-corrected chi connectivity index (χ2v) is 8.46. The predicted molar refractivity (Wildman–Crippen MR) is 138 cm³/mol. The van der Waals surface area contributed by atoms with Crippen molar-refractivity contribution in [3.05, 3.63) is 60.7 Å². The van der Waals surface area contributed by atoms with E-state index in [1.54, 1.807) is 19.2 Å². The fraction of sp³-hybridized carbons (Fsp3) is 0.423. The number of hydrogen-bond donors (Lipinski definition) is 2. The molecule has 1 aliphatic rings. The van der Waals surface area contributed by atoms with Crippen LogP contribution in [0.15, 0.2) is 60.7 Å². The van der Waals surface area contributed by atoms with Gasteiger partial charge < -0.3 is 19.7 Å². The zero-order chi connectivity index (χ0) is 24.3. The van der Waals surface area contributed by atoms with Crippen molar-refractivity contribution in [3.63, 3.8) is 0 Å². The number of piperazine rings is 1. The number of ether oxygens (including phenoxy) is 2. The lowest BCUT2D eigenvalue weighted by Gasteiger charge is -2.36. The Morgan fingerprint density at radius 3 is 2.38 bits per heavy atom. The second kappa shape index (κ2) is 12.7. The zero-order valence-corrected chi connectivity index (χ0v) is 20.5. The monoisotopic (exact) mass is 467 g/mol. The molecule has 0 atom stereocenters. The number of hydrogen-bond acceptors (Lipinski definition) is 6. The topological polar surface area (TPSA) is 69.3 Å². The Morgan fingerprint density at radius 2 is 1.74 bits per heavy atom. The molecule has 184 valence electrons. The van der Waals surface area contributed by atoms with Crippen LogP contribution in [-0.4, -0.2) is 71.0 Å². The van der Waals surface area contributed by atoms with E-state index in [4.69, 9.17) is 9.47 Å². The van der Waals surface area contributed by atoms with Gasteiger partial charge in [-0.3, -0.25) is 9.91 Å². The predicted octanol–water partition coefficient (Wildman–Crippen LogP) is 3.51. The van der Waals surface area contributed by atoms with Crippen molar-refractivity contribution in [1.82, 2.24) is 15.6 Å². The molecule has 3 rings (SSSR count). The first-order chi connectivity index (χ1) is 16.5. The summed E-state index contributed by atoms with van der Waals surface area (Å²) < 4.78 is 10.7. The summed E-state index contributed by atoms with van der Waals surface area (Å²) in [5, 5.41) is 4.75. The van der Waals surface area contributed by atoms with Crippen LogP contribution in [0, 0.1) is 0 Å². The van der Waals surface area contributed by atoms with Gasteiger partial charge in [-0.05, 0) is 56.3 Å². The van der Waals surface area contributed by atoms with Crippen molar-refractivity contribution in [2.45, 2.75) is 13.3 Å². The van der Waals surface area contributed by atoms with Gasteiger partial charge in [-0.15, -0.1) is 0 Å². The number of methoxy groups -OCH3 is 2. The largest absolute Gasteiger partial charge is 0.497 e. The molecule has 34 heavy (non-hydrogen) atoms. The van der Waals surface area contributed by atoms with Crippen molar-refractivity contribution in [1.29, 1.82) is 0 Å². The number of carbonyl (C=O) groups is 1. The van der Waals surface area contributed by atoms with Crippen LogP contribution in [0.3, 0.4) is 0 Å². The molecule has 1 fully saturated rings. The second-order valence-electron chi connectivity index (χ2n) is 8.46. The van der Waals surface area contributed by atoms with E-state index in [9.17, 15) is 4.79 Å². The van der Waals surface area contributed by atoms with Crippen molar-refractivity contribution in [2.24, 2.45) is 0 Å². The fourth-order valence-corrected chi connectivity index (χ4v) is 4.00. The maximum Gasteiger partial charge on any atom is 0.333 e. The Balaban J connectivity index is 1.39. The van der Waals surface area contributed by atoms with E-state index in [0.29, 0.717) is 13.1 Å². The summed E-state index contributed by atoms with van der Waals surface area (Å²) >= 11 is 0. The Kier molecular flexibility index (Phi) is 9.46. The quantitative estimate of drug-likeness (QED) is 0.299. The maximum atomic E-state index is 12.5. The van der Waals surface area contributed by atoms with Gasteiger partial charge in [0.15, 0.2) is 0 Å². The molecular formula is C26H37N5O3. The molecular weight excluding hydrogens is 430 g/mol. The molecule has 1 aliphatic heterocycles. The van der Waals surface area contributed by atoms with E-state index in [1.807, 2.05) is 49.4 Å². The Labute approximate surface area is 203 Å². The molecule has 8 nitrogen and oxygen atoms in total. The summed E-state index contributed by atoms with van der Waals surface area (Å²) in [5.41, 5.74) is 5.89. The van der Waals surface area contributed by atoms with Crippen LogP contribution in [-0.2, 0) is 0 Å². The molecule has 0 unspecified atom stereocenters. The number of nitrogens with zero attached hydrogens (tertiary/aromatic N) is 3. The molecule has 0 saturated carbocycles. The van der Waals surface area contributed by atoms with Crippen LogP contribution < -0.4 is 30.1 Å². The van der Waals surface area contributed by atoms with Crippen LogP contribution in [0.25, 0.3) is 0 Å². The molecule has 2 N–H and O–H groups in total. The van der Waals surface area contributed by atoms with Gasteiger partial charge >= 0.3 is 6.03 Å². The van der Waals surface area contributed by atoms with Gasteiger partial charge in [0.05, 0.1) is 32.1 Å². The highest BCUT2D eigenvalue weighted by molar-refractivity contribution is 5.76. The van der Waals surface area contributed by atoms with E-state index < -0.39 is 0 Å². The highest BCUT2D eigenvalue weighted by Crippen LogP contribution is 2.28. The number of benzene rings is 2. The van der Waals surface area contributed by atoms with E-state index in [2.05, 4.69) is 33.2 Å². The molecule has 1 heterocycles. The Bertz CT molecular complexity index is 926. The normalized spacial score (nSPS) is 13.8. The lowest BCUT2D eigenvalue weighted by Crippen LogP contribution is -2.49. The number of hydrazine groups is 1. The van der Waals surface area contributed by atoms with Gasteiger partial charge in [0, 0.05) is 32.7 Å². The third-order valence-corrected chi connectivity index (χ3v) is 5.78. The SMILES string of the molecule is C=C(C)CN(NC(=O)NCCCN1CCN(c2ccccc2OC)CC1)c1ccc(OC)cc1. The van der Waals surface area contributed by atoms with Gasteiger partial charge in [-0.25, -0.2) is 10.2 Å². The highest BCUT2D eigenvalue weighted by Gasteiger charge is 2.19. The summed E-state index contributed by atoms with van der Waals surface area (Å²) in [6.45, 7) is 11.9. The molecule has 2 aromatic carbocycles. The average molecular weight is 468 g/mol. The van der Waals surface area contributed by atoms with Crippen molar-refractivity contribution in [3.8, 4) is 11.5 Å². The lowest BCUT2D eigenvalue weighted by molar-refractivity contribution is 0.235. The number of amides is 2. The molecule has 1 saturated heterocycles. The minimum Gasteiger partial charge on any atom is -0.497 e. The number of para-hydroxylation sites is 2. The van der Waals surface area contributed by atoms with Gasteiger partial charge in [-0.1, -0.05) is 24.3 Å². The van der Waals surface area contributed by atoms with E-state index in [1.165, 1.54) is 0 Å². The third-order valence-electron chi connectivity index (χ3n) is 5.78. The molecule has 2 amide bonds. The van der Waals surface area contributed by atoms with Crippen molar-refractivity contribution in [2.75, 3.05) is 69.9 Å². The van der Waals surface area contributed by atoms with E-state index >= 15 is 0 Å².